The van der Waals surface area contributed by atoms with Gasteiger partial charge in [-0.25, -0.2) is 4.79 Å². The number of aromatic amines is 1. The van der Waals surface area contributed by atoms with Gasteiger partial charge >= 0.3 is 12.1 Å². The van der Waals surface area contributed by atoms with E-state index in [-0.39, 0.29) is 13.0 Å². The summed E-state index contributed by atoms with van der Waals surface area (Å²) in [5, 5.41) is 3.09. The molecule has 0 aliphatic carbocycles. The summed E-state index contributed by atoms with van der Waals surface area (Å²) in [5.74, 6) is -1.19. The molecule has 7 heteroatoms. The van der Waals surface area contributed by atoms with Crippen molar-refractivity contribution in [2.45, 2.75) is 26.2 Å². The number of hydrogen-bond acceptors (Lipinski definition) is 5. The number of carbonyl (C=O) groups excluding carboxylic acids is 3. The number of benzene rings is 1. The third kappa shape index (κ3) is 5.12. The van der Waals surface area contributed by atoms with Gasteiger partial charge in [0.1, 0.15) is 0 Å². The second-order valence-electron chi connectivity index (χ2n) is 5.14. The van der Waals surface area contributed by atoms with Crippen molar-refractivity contribution < 1.29 is 23.9 Å². The number of nitrogens with one attached hydrogen (secondary N) is 2. The van der Waals surface area contributed by atoms with Crippen LogP contribution in [0.1, 0.15) is 25.3 Å². The minimum atomic E-state index is -0.849. The van der Waals surface area contributed by atoms with Crippen molar-refractivity contribution in [1.82, 2.24) is 10.3 Å². The monoisotopic (exact) mass is 332 g/mol. The first-order valence-electron chi connectivity index (χ1n) is 7.77. The quantitative estimate of drug-likeness (QED) is 0.758. The van der Waals surface area contributed by atoms with Crippen LogP contribution in [0.4, 0.5) is 4.79 Å². The lowest BCUT2D eigenvalue weighted by molar-refractivity contribution is -0.148. The van der Waals surface area contributed by atoms with Gasteiger partial charge < -0.3 is 14.5 Å². The first-order valence-corrected chi connectivity index (χ1v) is 7.77. The molecule has 24 heavy (non-hydrogen) atoms. The normalized spacial score (nSPS) is 10.4. The number of hydrogen-bond donors (Lipinski definition) is 2. The number of imide groups is 1. The molecular formula is C17H20N2O5. The fourth-order valence-electron chi connectivity index (χ4n) is 2.30. The Morgan fingerprint density at radius 3 is 2.75 bits per heavy atom. The molecule has 2 rings (SSSR count). The highest BCUT2D eigenvalue weighted by atomic mass is 16.6. The Morgan fingerprint density at radius 1 is 1.17 bits per heavy atom. The number of alkyl carbamates (subject to hydrolysis) is 1. The SMILES string of the molecule is CCOC(=O)NC(=O)COC(=O)CCCc1c[nH]c2ccccc12. The van der Waals surface area contributed by atoms with Gasteiger partial charge in [-0.3, -0.25) is 14.9 Å². The van der Waals surface area contributed by atoms with E-state index in [4.69, 9.17) is 4.74 Å². The van der Waals surface area contributed by atoms with E-state index < -0.39 is 24.6 Å². The number of aromatic nitrogens is 1. The molecule has 2 N–H and O–H groups in total. The highest BCUT2D eigenvalue weighted by Gasteiger charge is 2.11. The van der Waals surface area contributed by atoms with E-state index in [1.54, 1.807) is 6.92 Å². The Kier molecular flexibility index (Phi) is 6.36. The van der Waals surface area contributed by atoms with Crippen molar-refractivity contribution in [1.29, 1.82) is 0 Å². The number of esters is 1. The Morgan fingerprint density at radius 2 is 1.96 bits per heavy atom. The Labute approximate surface area is 139 Å². The van der Waals surface area contributed by atoms with Gasteiger partial charge in [0, 0.05) is 23.5 Å². The van der Waals surface area contributed by atoms with E-state index in [0.29, 0.717) is 6.42 Å². The van der Waals surface area contributed by atoms with Crippen molar-refractivity contribution in [3.05, 3.63) is 36.0 Å². The van der Waals surface area contributed by atoms with Gasteiger partial charge in [0.15, 0.2) is 6.61 Å². The van der Waals surface area contributed by atoms with Gasteiger partial charge in [0.05, 0.1) is 6.61 Å². The number of para-hydroxylation sites is 1. The lowest BCUT2D eigenvalue weighted by atomic mass is 10.1. The molecule has 0 radical (unpaired) electrons. The molecule has 1 aromatic heterocycles. The van der Waals surface area contributed by atoms with Crippen LogP contribution in [-0.2, 0) is 25.5 Å². The van der Waals surface area contributed by atoms with Gasteiger partial charge in [-0.2, -0.15) is 0 Å². The van der Waals surface area contributed by atoms with Crippen molar-refractivity contribution in [2.75, 3.05) is 13.2 Å². The van der Waals surface area contributed by atoms with Gasteiger partial charge in [-0.05, 0) is 31.4 Å². The van der Waals surface area contributed by atoms with Gasteiger partial charge in [0.2, 0.25) is 0 Å². The first-order chi connectivity index (χ1) is 11.6. The number of aryl methyl sites for hydroxylation is 1. The topological polar surface area (TPSA) is 97.5 Å². The molecule has 0 aliphatic rings. The van der Waals surface area contributed by atoms with Crippen molar-refractivity contribution in [3.8, 4) is 0 Å². The average Bonchev–Trinajstić information content (AvgIpc) is 2.96. The summed E-state index contributed by atoms with van der Waals surface area (Å²) in [4.78, 5) is 37.2. The summed E-state index contributed by atoms with van der Waals surface area (Å²) in [7, 11) is 0. The molecular weight excluding hydrogens is 312 g/mol. The smallest absolute Gasteiger partial charge is 0.413 e. The summed E-state index contributed by atoms with van der Waals surface area (Å²) >= 11 is 0. The Bertz CT molecular complexity index is 723. The Hall–Kier alpha value is -2.83. The minimum Gasteiger partial charge on any atom is -0.456 e. The highest BCUT2D eigenvalue weighted by Crippen LogP contribution is 2.19. The lowest BCUT2D eigenvalue weighted by Crippen LogP contribution is -2.34. The molecule has 0 fully saturated rings. The van der Waals surface area contributed by atoms with E-state index in [0.717, 1.165) is 22.9 Å². The van der Waals surface area contributed by atoms with Gasteiger partial charge in [-0.15, -0.1) is 0 Å². The minimum absolute atomic E-state index is 0.159. The molecule has 1 heterocycles. The van der Waals surface area contributed by atoms with Crippen LogP contribution in [0, 0.1) is 0 Å². The van der Waals surface area contributed by atoms with Crippen LogP contribution in [0.5, 0.6) is 0 Å². The molecule has 2 amide bonds. The third-order valence-corrected chi connectivity index (χ3v) is 3.38. The maximum absolute atomic E-state index is 11.6. The zero-order chi connectivity index (χ0) is 17.4. The largest absolute Gasteiger partial charge is 0.456 e. The number of rotatable bonds is 7. The second kappa shape index (κ2) is 8.71. The van der Waals surface area contributed by atoms with Crippen LogP contribution >= 0.6 is 0 Å². The summed E-state index contributed by atoms with van der Waals surface area (Å²) < 4.78 is 9.37. The predicted molar refractivity (Wildman–Crippen MR) is 87.4 cm³/mol. The molecule has 0 aliphatic heterocycles. The number of carbonyl (C=O) groups is 3. The molecule has 128 valence electrons. The Balaban J connectivity index is 1.68. The fourth-order valence-corrected chi connectivity index (χ4v) is 2.30. The van der Waals surface area contributed by atoms with E-state index in [1.165, 1.54) is 0 Å². The molecule has 0 spiro atoms. The zero-order valence-corrected chi connectivity index (χ0v) is 13.5. The summed E-state index contributed by atoms with van der Waals surface area (Å²) in [6, 6.07) is 7.95. The molecule has 1 aromatic carbocycles. The molecule has 0 atom stereocenters. The van der Waals surface area contributed by atoms with Gasteiger partial charge in [-0.1, -0.05) is 18.2 Å². The van der Waals surface area contributed by atoms with E-state index in [9.17, 15) is 14.4 Å². The highest BCUT2D eigenvalue weighted by molar-refractivity contribution is 5.93. The summed E-state index contributed by atoms with van der Waals surface area (Å²) in [6.45, 7) is 1.29. The van der Waals surface area contributed by atoms with Crippen molar-refractivity contribution in [2.24, 2.45) is 0 Å². The standard InChI is InChI=1S/C17H20N2O5/c1-2-23-17(22)19-15(20)11-24-16(21)9-5-6-12-10-18-14-8-4-3-7-13(12)14/h3-4,7-8,10,18H,2,5-6,9,11H2,1H3,(H,19,20,22). The number of amides is 2. The van der Waals surface area contributed by atoms with Gasteiger partial charge in [0.25, 0.3) is 5.91 Å². The number of ether oxygens (including phenoxy) is 2. The molecule has 0 bridgehead atoms. The lowest BCUT2D eigenvalue weighted by Gasteiger charge is -2.05. The summed E-state index contributed by atoms with van der Waals surface area (Å²) in [6.07, 6.45) is 2.63. The molecule has 0 saturated carbocycles. The maximum atomic E-state index is 11.6. The van der Waals surface area contributed by atoms with Crippen LogP contribution in [0.3, 0.4) is 0 Å². The fraction of sp³-hybridized carbons (Fsp3) is 0.353. The third-order valence-electron chi connectivity index (χ3n) is 3.38. The summed E-state index contributed by atoms with van der Waals surface area (Å²) in [5.41, 5.74) is 2.20. The van der Waals surface area contributed by atoms with Crippen LogP contribution in [0.25, 0.3) is 10.9 Å². The predicted octanol–water partition coefficient (Wildman–Crippen LogP) is 2.31. The molecule has 2 aromatic rings. The number of fused-ring (bicyclic) bond motifs is 1. The van der Waals surface area contributed by atoms with Crippen LogP contribution < -0.4 is 5.32 Å². The molecule has 0 unspecified atom stereocenters. The van der Waals surface area contributed by atoms with Crippen LogP contribution in [0.15, 0.2) is 30.5 Å². The second-order valence-corrected chi connectivity index (χ2v) is 5.14. The van der Waals surface area contributed by atoms with Crippen molar-refractivity contribution in [3.63, 3.8) is 0 Å². The van der Waals surface area contributed by atoms with E-state index >= 15 is 0 Å². The zero-order valence-electron chi connectivity index (χ0n) is 13.5. The van der Waals surface area contributed by atoms with Crippen LogP contribution in [0.2, 0.25) is 0 Å². The number of H-pyrrole nitrogens is 1. The van der Waals surface area contributed by atoms with Crippen LogP contribution in [-0.4, -0.2) is 36.2 Å². The molecule has 7 nitrogen and oxygen atoms in total. The van der Waals surface area contributed by atoms with E-state index in [1.807, 2.05) is 35.8 Å². The maximum Gasteiger partial charge on any atom is 0.413 e. The van der Waals surface area contributed by atoms with Crippen molar-refractivity contribution >= 4 is 28.9 Å². The average molecular weight is 332 g/mol. The van der Waals surface area contributed by atoms with E-state index in [2.05, 4.69) is 9.72 Å². The molecule has 0 saturated heterocycles. The first kappa shape index (κ1) is 17.5.